The largest absolute Gasteiger partial charge is 0.453 e. The Balaban J connectivity index is 2.07. The molecule has 2 nitrogen and oxygen atoms in total. The summed E-state index contributed by atoms with van der Waals surface area (Å²) in [7, 11) is 0. The van der Waals surface area contributed by atoms with Gasteiger partial charge in [0.1, 0.15) is 11.4 Å². The third kappa shape index (κ3) is 2.15. The third-order valence-electron chi connectivity index (χ3n) is 2.95. The molecule has 0 unspecified atom stereocenters. The van der Waals surface area contributed by atoms with Crippen molar-refractivity contribution in [3.8, 4) is 0 Å². The van der Waals surface area contributed by atoms with Gasteiger partial charge in [-0.2, -0.15) is 0 Å². The second kappa shape index (κ2) is 4.35. The summed E-state index contributed by atoms with van der Waals surface area (Å²) >= 11 is 0. The van der Waals surface area contributed by atoms with E-state index in [1.54, 1.807) is 25.1 Å². The third-order valence-corrected chi connectivity index (χ3v) is 2.95. The SMILES string of the molecule is Cc1cc(F)cc(C(=O)c2cc3ccccc3o2)c1. The molecule has 3 heteroatoms. The maximum absolute atomic E-state index is 13.3. The lowest BCUT2D eigenvalue weighted by atomic mass is 10.1. The van der Waals surface area contributed by atoms with Gasteiger partial charge in [-0.25, -0.2) is 4.39 Å². The van der Waals surface area contributed by atoms with E-state index >= 15 is 0 Å². The molecule has 3 rings (SSSR count). The van der Waals surface area contributed by atoms with Crippen LogP contribution in [0.15, 0.2) is 52.9 Å². The topological polar surface area (TPSA) is 30.2 Å². The highest BCUT2D eigenvalue weighted by atomic mass is 19.1. The molecule has 19 heavy (non-hydrogen) atoms. The minimum atomic E-state index is -0.417. The van der Waals surface area contributed by atoms with Crippen LogP contribution in [0.1, 0.15) is 21.7 Å². The van der Waals surface area contributed by atoms with Crippen molar-refractivity contribution in [3.63, 3.8) is 0 Å². The second-order valence-electron chi connectivity index (χ2n) is 4.49. The van der Waals surface area contributed by atoms with E-state index in [-0.39, 0.29) is 11.5 Å². The van der Waals surface area contributed by atoms with Crippen molar-refractivity contribution in [2.75, 3.05) is 0 Å². The predicted octanol–water partition coefficient (Wildman–Crippen LogP) is 4.11. The maximum Gasteiger partial charge on any atom is 0.228 e. The van der Waals surface area contributed by atoms with Crippen molar-refractivity contribution in [2.24, 2.45) is 0 Å². The molecule has 0 radical (unpaired) electrons. The molecule has 0 spiro atoms. The minimum absolute atomic E-state index is 0.228. The molecule has 0 amide bonds. The average molecular weight is 254 g/mol. The van der Waals surface area contributed by atoms with Crippen molar-refractivity contribution in [2.45, 2.75) is 6.92 Å². The Morgan fingerprint density at radius 1 is 1.11 bits per heavy atom. The normalized spacial score (nSPS) is 10.8. The number of hydrogen-bond donors (Lipinski definition) is 0. The minimum Gasteiger partial charge on any atom is -0.453 e. The van der Waals surface area contributed by atoms with Crippen LogP contribution in [0.5, 0.6) is 0 Å². The Morgan fingerprint density at radius 2 is 1.89 bits per heavy atom. The molecule has 1 aromatic heterocycles. The summed E-state index contributed by atoms with van der Waals surface area (Å²) < 4.78 is 18.8. The van der Waals surface area contributed by atoms with Crippen LogP contribution in [0.25, 0.3) is 11.0 Å². The summed E-state index contributed by atoms with van der Waals surface area (Å²) in [6.45, 7) is 1.75. The van der Waals surface area contributed by atoms with Gasteiger partial charge in [0.15, 0.2) is 5.76 Å². The van der Waals surface area contributed by atoms with Gasteiger partial charge in [0, 0.05) is 10.9 Å². The molecule has 0 atom stereocenters. The van der Waals surface area contributed by atoms with Crippen molar-refractivity contribution in [1.29, 1.82) is 0 Å². The molecule has 94 valence electrons. The van der Waals surface area contributed by atoms with Crippen molar-refractivity contribution in [1.82, 2.24) is 0 Å². The van der Waals surface area contributed by atoms with Crippen LogP contribution in [-0.2, 0) is 0 Å². The molecular formula is C16H11FO2. The first-order chi connectivity index (χ1) is 9.13. The van der Waals surface area contributed by atoms with Gasteiger partial charge in [0.25, 0.3) is 0 Å². The fraction of sp³-hybridized carbons (Fsp3) is 0.0625. The number of para-hydroxylation sites is 1. The molecule has 0 aliphatic heterocycles. The van der Waals surface area contributed by atoms with Gasteiger partial charge in [0.05, 0.1) is 0 Å². The van der Waals surface area contributed by atoms with E-state index in [9.17, 15) is 9.18 Å². The Kier molecular flexibility index (Phi) is 2.67. The van der Waals surface area contributed by atoms with E-state index in [1.807, 2.05) is 18.2 Å². The van der Waals surface area contributed by atoms with Crippen LogP contribution in [0.2, 0.25) is 0 Å². The summed E-state index contributed by atoms with van der Waals surface area (Å²) in [5, 5.41) is 0.860. The Bertz CT molecular complexity index is 718. The molecule has 1 heterocycles. The first-order valence-corrected chi connectivity index (χ1v) is 5.94. The fourth-order valence-corrected chi connectivity index (χ4v) is 2.10. The number of rotatable bonds is 2. The van der Waals surface area contributed by atoms with Crippen LogP contribution in [0, 0.1) is 12.7 Å². The van der Waals surface area contributed by atoms with Crippen molar-refractivity contribution in [3.05, 3.63) is 71.2 Å². The van der Waals surface area contributed by atoms with Crippen LogP contribution >= 0.6 is 0 Å². The Morgan fingerprint density at radius 3 is 2.63 bits per heavy atom. The molecule has 0 aliphatic carbocycles. The van der Waals surface area contributed by atoms with Crippen LogP contribution in [-0.4, -0.2) is 5.78 Å². The number of halogens is 1. The predicted molar refractivity (Wildman–Crippen MR) is 70.8 cm³/mol. The number of carbonyl (C=O) groups excluding carboxylic acids is 1. The Labute approximate surface area is 109 Å². The smallest absolute Gasteiger partial charge is 0.228 e. The highest BCUT2D eigenvalue weighted by Gasteiger charge is 2.15. The zero-order chi connectivity index (χ0) is 13.4. The lowest BCUT2D eigenvalue weighted by Gasteiger charge is -2.00. The molecule has 0 bridgehead atoms. The fourth-order valence-electron chi connectivity index (χ4n) is 2.10. The van der Waals surface area contributed by atoms with Crippen molar-refractivity contribution >= 4 is 16.8 Å². The number of aryl methyl sites for hydroxylation is 1. The molecule has 0 aliphatic rings. The molecule has 0 fully saturated rings. The number of carbonyl (C=O) groups is 1. The standard InChI is InChI=1S/C16H11FO2/c1-10-6-12(8-13(17)7-10)16(18)15-9-11-4-2-3-5-14(11)19-15/h2-9H,1H3. The van der Waals surface area contributed by atoms with Gasteiger partial charge in [-0.3, -0.25) is 4.79 Å². The van der Waals surface area contributed by atoms with Gasteiger partial charge in [-0.05, 0) is 42.8 Å². The highest BCUT2D eigenvalue weighted by Crippen LogP contribution is 2.22. The molecular weight excluding hydrogens is 243 g/mol. The van der Waals surface area contributed by atoms with E-state index in [0.29, 0.717) is 16.7 Å². The molecule has 3 aromatic rings. The van der Waals surface area contributed by atoms with Gasteiger partial charge in [0.2, 0.25) is 5.78 Å². The van der Waals surface area contributed by atoms with Crippen LogP contribution in [0.3, 0.4) is 0 Å². The van der Waals surface area contributed by atoms with Gasteiger partial charge in [-0.1, -0.05) is 18.2 Å². The first-order valence-electron chi connectivity index (χ1n) is 5.94. The molecule has 0 saturated heterocycles. The monoisotopic (exact) mass is 254 g/mol. The lowest BCUT2D eigenvalue weighted by Crippen LogP contribution is -2.00. The summed E-state index contributed by atoms with van der Waals surface area (Å²) in [6.07, 6.45) is 0. The summed E-state index contributed by atoms with van der Waals surface area (Å²) in [6, 6.07) is 13.3. The lowest BCUT2D eigenvalue weighted by molar-refractivity contribution is 0.101. The van der Waals surface area contributed by atoms with E-state index in [2.05, 4.69) is 0 Å². The van der Waals surface area contributed by atoms with E-state index in [0.717, 1.165) is 5.39 Å². The number of ketones is 1. The Hall–Kier alpha value is -2.42. The zero-order valence-corrected chi connectivity index (χ0v) is 10.3. The van der Waals surface area contributed by atoms with E-state index in [4.69, 9.17) is 4.42 Å². The van der Waals surface area contributed by atoms with Crippen LogP contribution < -0.4 is 0 Å². The van der Waals surface area contributed by atoms with E-state index < -0.39 is 5.82 Å². The first kappa shape index (κ1) is 11.7. The highest BCUT2D eigenvalue weighted by molar-refractivity contribution is 6.09. The second-order valence-corrected chi connectivity index (χ2v) is 4.49. The van der Waals surface area contributed by atoms with E-state index in [1.165, 1.54) is 12.1 Å². The number of hydrogen-bond acceptors (Lipinski definition) is 2. The van der Waals surface area contributed by atoms with Gasteiger partial charge in [-0.15, -0.1) is 0 Å². The quantitative estimate of drug-likeness (QED) is 0.644. The zero-order valence-electron chi connectivity index (χ0n) is 10.3. The summed E-state index contributed by atoms with van der Waals surface area (Å²) in [4.78, 5) is 12.3. The molecule has 0 saturated carbocycles. The average Bonchev–Trinajstić information content (AvgIpc) is 2.80. The summed E-state index contributed by atoms with van der Waals surface area (Å²) in [5.74, 6) is -0.496. The maximum atomic E-state index is 13.3. The molecule has 0 N–H and O–H groups in total. The van der Waals surface area contributed by atoms with Crippen LogP contribution in [0.4, 0.5) is 4.39 Å². The number of benzene rings is 2. The van der Waals surface area contributed by atoms with Gasteiger partial charge < -0.3 is 4.42 Å². The molecule has 2 aromatic carbocycles. The van der Waals surface area contributed by atoms with Crippen molar-refractivity contribution < 1.29 is 13.6 Å². The summed E-state index contributed by atoms with van der Waals surface area (Å²) in [5.41, 5.74) is 1.66. The van der Waals surface area contributed by atoms with Gasteiger partial charge >= 0.3 is 0 Å². The number of furan rings is 1. The number of fused-ring (bicyclic) bond motifs is 1.